The number of ether oxygens (including phenoxy) is 1. The van der Waals surface area contributed by atoms with E-state index in [0.29, 0.717) is 16.0 Å². The second-order valence-corrected chi connectivity index (χ2v) is 9.40. The fourth-order valence-electron chi connectivity index (χ4n) is 2.48. The molecule has 9 heteroatoms. The zero-order chi connectivity index (χ0) is 17.4. The van der Waals surface area contributed by atoms with Crippen LogP contribution in [0.1, 0.15) is 10.1 Å². The normalized spacial score (nSPS) is 14.9. The largest absolute Gasteiger partial charge is 0.430 e. The highest BCUT2D eigenvalue weighted by Gasteiger charge is 2.25. The van der Waals surface area contributed by atoms with Gasteiger partial charge in [-0.3, -0.25) is 10.1 Å². The summed E-state index contributed by atoms with van der Waals surface area (Å²) in [5, 5.41) is 12.2. The van der Waals surface area contributed by atoms with Crippen molar-refractivity contribution in [2.45, 2.75) is 4.58 Å². The molecule has 128 valence electrons. The fourth-order valence-corrected chi connectivity index (χ4v) is 6.34. The molecule has 3 aromatic rings. The molecule has 0 spiro atoms. The molecule has 0 radical (unpaired) electrons. The number of halogens is 1. The molecule has 0 bridgehead atoms. The van der Waals surface area contributed by atoms with Crippen LogP contribution in [0.2, 0.25) is 5.02 Å². The van der Waals surface area contributed by atoms with Crippen molar-refractivity contribution < 1.29 is 9.66 Å². The summed E-state index contributed by atoms with van der Waals surface area (Å²) >= 11 is 11.0. The van der Waals surface area contributed by atoms with Gasteiger partial charge in [0, 0.05) is 34.2 Å². The lowest BCUT2D eigenvalue weighted by molar-refractivity contribution is -0.384. The first kappa shape index (κ1) is 17.0. The van der Waals surface area contributed by atoms with Crippen molar-refractivity contribution in [2.75, 3.05) is 11.5 Å². The number of aromatic nitrogens is 1. The van der Waals surface area contributed by atoms with Gasteiger partial charge in [0.15, 0.2) is 0 Å². The zero-order valence-corrected chi connectivity index (χ0v) is 15.9. The standard InChI is InChI=1S/C16H11ClN2O3S3/c17-9-1-4-14-12(7-9)18-16(25-14)22-13-3-2-10(19(20)21)8-11(13)15-23-5-6-24-15/h1-4,7-8,15H,5-6H2. The van der Waals surface area contributed by atoms with E-state index in [2.05, 4.69) is 4.98 Å². The molecule has 25 heavy (non-hydrogen) atoms. The summed E-state index contributed by atoms with van der Waals surface area (Å²) in [6.45, 7) is 0. The molecule has 0 saturated carbocycles. The summed E-state index contributed by atoms with van der Waals surface area (Å²) in [4.78, 5) is 15.2. The molecule has 4 rings (SSSR count). The lowest BCUT2D eigenvalue weighted by atomic mass is 10.2. The number of nitrogens with zero attached hydrogens (tertiary/aromatic N) is 2. The Morgan fingerprint density at radius 3 is 2.76 bits per heavy atom. The molecule has 0 amide bonds. The van der Waals surface area contributed by atoms with Crippen LogP contribution in [0.4, 0.5) is 5.69 Å². The molecule has 1 fully saturated rings. The highest BCUT2D eigenvalue weighted by atomic mass is 35.5. The molecule has 0 atom stereocenters. The van der Waals surface area contributed by atoms with Crippen molar-refractivity contribution in [1.82, 2.24) is 4.98 Å². The summed E-state index contributed by atoms with van der Waals surface area (Å²) < 4.78 is 7.11. The Bertz CT molecular complexity index is 957. The number of hydrogen-bond donors (Lipinski definition) is 0. The average molecular weight is 411 g/mol. The Labute approximate surface area is 160 Å². The molecule has 0 N–H and O–H groups in total. The van der Waals surface area contributed by atoms with E-state index in [9.17, 15) is 10.1 Å². The molecule has 0 aliphatic carbocycles. The number of benzene rings is 2. The van der Waals surface area contributed by atoms with Crippen molar-refractivity contribution in [3.63, 3.8) is 0 Å². The minimum atomic E-state index is -0.378. The summed E-state index contributed by atoms with van der Waals surface area (Å²) in [6.07, 6.45) is 0. The van der Waals surface area contributed by atoms with Gasteiger partial charge >= 0.3 is 0 Å². The van der Waals surface area contributed by atoms with E-state index in [0.717, 1.165) is 27.3 Å². The van der Waals surface area contributed by atoms with E-state index < -0.39 is 0 Å². The van der Waals surface area contributed by atoms with Gasteiger partial charge in [-0.2, -0.15) is 0 Å². The Morgan fingerprint density at radius 2 is 2.00 bits per heavy atom. The van der Waals surface area contributed by atoms with E-state index in [1.807, 2.05) is 12.1 Å². The lowest BCUT2D eigenvalue weighted by Crippen LogP contribution is -1.96. The van der Waals surface area contributed by atoms with Crippen LogP contribution in [0.5, 0.6) is 10.9 Å². The highest BCUT2D eigenvalue weighted by Crippen LogP contribution is 2.50. The van der Waals surface area contributed by atoms with Gasteiger partial charge in [-0.15, -0.1) is 23.5 Å². The lowest BCUT2D eigenvalue weighted by Gasteiger charge is -2.13. The van der Waals surface area contributed by atoms with E-state index in [-0.39, 0.29) is 15.2 Å². The maximum absolute atomic E-state index is 11.1. The van der Waals surface area contributed by atoms with Gasteiger partial charge in [-0.05, 0) is 24.3 Å². The van der Waals surface area contributed by atoms with Crippen molar-refractivity contribution in [3.05, 3.63) is 57.1 Å². The Hall–Kier alpha value is -1.48. The van der Waals surface area contributed by atoms with Crippen molar-refractivity contribution in [1.29, 1.82) is 0 Å². The second-order valence-electron chi connectivity index (χ2n) is 5.25. The number of thiazole rings is 1. The average Bonchev–Trinajstić information content (AvgIpc) is 3.23. The second kappa shape index (κ2) is 7.03. The molecule has 1 saturated heterocycles. The number of rotatable bonds is 4. The minimum Gasteiger partial charge on any atom is -0.430 e. The fraction of sp³-hybridized carbons (Fsp3) is 0.188. The molecular formula is C16H11ClN2O3S3. The Morgan fingerprint density at radius 1 is 1.20 bits per heavy atom. The monoisotopic (exact) mass is 410 g/mol. The molecule has 5 nitrogen and oxygen atoms in total. The molecule has 2 heterocycles. The van der Waals surface area contributed by atoms with Crippen LogP contribution in [-0.4, -0.2) is 21.4 Å². The molecule has 1 aromatic heterocycles. The van der Waals surface area contributed by atoms with Gasteiger partial charge in [0.25, 0.3) is 10.9 Å². The van der Waals surface area contributed by atoms with E-state index in [1.165, 1.54) is 17.4 Å². The topological polar surface area (TPSA) is 65.3 Å². The molecule has 1 aliphatic heterocycles. The maximum atomic E-state index is 11.1. The first-order chi connectivity index (χ1) is 12.1. The van der Waals surface area contributed by atoms with Gasteiger partial charge < -0.3 is 4.74 Å². The van der Waals surface area contributed by atoms with Gasteiger partial charge in [-0.25, -0.2) is 4.98 Å². The van der Waals surface area contributed by atoms with Crippen LogP contribution in [0.15, 0.2) is 36.4 Å². The number of nitro benzene ring substituents is 1. The number of nitro groups is 1. The molecular weight excluding hydrogens is 400 g/mol. The maximum Gasteiger partial charge on any atom is 0.279 e. The number of fused-ring (bicyclic) bond motifs is 1. The van der Waals surface area contributed by atoms with Crippen LogP contribution in [-0.2, 0) is 0 Å². The van der Waals surface area contributed by atoms with Gasteiger partial charge in [0.2, 0.25) is 0 Å². The van der Waals surface area contributed by atoms with Gasteiger partial charge in [0.05, 0.1) is 19.7 Å². The van der Waals surface area contributed by atoms with Gasteiger partial charge in [-0.1, -0.05) is 22.9 Å². The molecule has 2 aromatic carbocycles. The number of non-ortho nitro benzene ring substituents is 1. The van der Waals surface area contributed by atoms with Crippen LogP contribution in [0.3, 0.4) is 0 Å². The van der Waals surface area contributed by atoms with Crippen molar-refractivity contribution >= 4 is 62.4 Å². The highest BCUT2D eigenvalue weighted by molar-refractivity contribution is 8.19. The van der Waals surface area contributed by atoms with Crippen LogP contribution in [0.25, 0.3) is 10.2 Å². The number of thioether (sulfide) groups is 2. The summed E-state index contributed by atoms with van der Waals surface area (Å²) in [5.41, 5.74) is 1.69. The quantitative estimate of drug-likeness (QED) is 0.380. The van der Waals surface area contributed by atoms with E-state index in [1.54, 1.807) is 41.7 Å². The SMILES string of the molecule is O=[N+]([O-])c1ccc(Oc2nc3cc(Cl)ccc3s2)c(C2SCCS2)c1. The Kier molecular flexibility index (Phi) is 4.77. The van der Waals surface area contributed by atoms with Crippen LogP contribution < -0.4 is 4.74 Å². The molecule has 0 unspecified atom stereocenters. The van der Waals surface area contributed by atoms with Crippen molar-refractivity contribution in [2.24, 2.45) is 0 Å². The first-order valence-electron chi connectivity index (χ1n) is 7.35. The van der Waals surface area contributed by atoms with E-state index >= 15 is 0 Å². The van der Waals surface area contributed by atoms with Crippen molar-refractivity contribution in [3.8, 4) is 10.9 Å². The third-order valence-corrected chi connectivity index (χ3v) is 7.82. The minimum absolute atomic E-state index is 0.0755. The van der Waals surface area contributed by atoms with E-state index in [4.69, 9.17) is 16.3 Å². The summed E-state index contributed by atoms with van der Waals surface area (Å²) in [6, 6.07) is 10.2. The predicted molar refractivity (Wildman–Crippen MR) is 105 cm³/mol. The third kappa shape index (κ3) is 3.57. The van der Waals surface area contributed by atoms with Gasteiger partial charge in [0.1, 0.15) is 5.75 Å². The summed E-state index contributed by atoms with van der Waals surface area (Å²) in [7, 11) is 0. The Balaban J connectivity index is 1.71. The first-order valence-corrected chi connectivity index (χ1v) is 10.6. The van der Waals surface area contributed by atoms with Crippen LogP contribution in [0, 0.1) is 10.1 Å². The predicted octanol–water partition coefficient (Wildman–Crippen LogP) is 6.13. The summed E-state index contributed by atoms with van der Waals surface area (Å²) in [5.74, 6) is 2.66. The zero-order valence-electron chi connectivity index (χ0n) is 12.7. The third-order valence-electron chi connectivity index (χ3n) is 3.61. The smallest absolute Gasteiger partial charge is 0.279 e. The van der Waals surface area contributed by atoms with Crippen LogP contribution >= 0.6 is 46.5 Å². The number of hydrogen-bond acceptors (Lipinski definition) is 7. The molecule has 1 aliphatic rings.